The van der Waals surface area contributed by atoms with Gasteiger partial charge in [0.2, 0.25) is 0 Å². The smallest absolute Gasteiger partial charge is 0.272 e. The molecule has 4 rings (SSSR count). The lowest BCUT2D eigenvalue weighted by molar-refractivity contribution is 0.0650. The molecule has 0 N–H and O–H groups in total. The Kier molecular flexibility index (Phi) is 6.51. The third-order valence-corrected chi connectivity index (χ3v) is 7.05. The van der Waals surface area contributed by atoms with Gasteiger partial charge in [0, 0.05) is 38.2 Å². The van der Waals surface area contributed by atoms with Crippen LogP contribution in [0, 0.1) is 12.8 Å². The molecule has 1 saturated heterocycles. The van der Waals surface area contributed by atoms with Gasteiger partial charge in [0.15, 0.2) is 9.84 Å². The molecule has 0 aliphatic carbocycles. The van der Waals surface area contributed by atoms with Crippen molar-refractivity contribution in [1.82, 2.24) is 19.7 Å². The third-order valence-electron chi connectivity index (χ3n) is 5.92. The minimum Gasteiger partial charge on any atom is -0.491 e. The number of aryl methyl sites for hydroxylation is 2. The van der Waals surface area contributed by atoms with Gasteiger partial charge in [-0.25, -0.2) is 8.42 Å². The number of carbonyl (C=O) groups is 1. The zero-order valence-corrected chi connectivity index (χ0v) is 19.9. The van der Waals surface area contributed by atoms with Gasteiger partial charge in [-0.2, -0.15) is 5.10 Å². The van der Waals surface area contributed by atoms with Gasteiger partial charge in [0.25, 0.3) is 5.91 Å². The second-order valence-corrected chi connectivity index (χ2v) is 10.5. The van der Waals surface area contributed by atoms with Crippen molar-refractivity contribution in [3.63, 3.8) is 0 Å². The molecule has 2 aromatic heterocycles. The van der Waals surface area contributed by atoms with E-state index < -0.39 is 9.84 Å². The number of benzene rings is 1. The first-order chi connectivity index (χ1) is 15.7. The summed E-state index contributed by atoms with van der Waals surface area (Å²) in [7, 11) is -1.46. The summed E-state index contributed by atoms with van der Waals surface area (Å²) in [5.74, 6) is 1.01. The van der Waals surface area contributed by atoms with E-state index in [1.807, 2.05) is 30.0 Å². The van der Waals surface area contributed by atoms with Gasteiger partial charge >= 0.3 is 0 Å². The molecular weight excluding hydrogens is 440 g/mol. The SMILES string of the molecule is Cc1cc(C(=O)N2CCC(COc3cccnc3-c3ccc(S(C)(=O)=O)cc3)CC2)n(C)n1. The van der Waals surface area contributed by atoms with Crippen LogP contribution in [0.25, 0.3) is 11.3 Å². The summed E-state index contributed by atoms with van der Waals surface area (Å²) in [6.45, 7) is 3.79. The van der Waals surface area contributed by atoms with Crippen LogP contribution in [0.3, 0.4) is 0 Å². The average molecular weight is 469 g/mol. The summed E-state index contributed by atoms with van der Waals surface area (Å²) in [5, 5.41) is 4.27. The predicted molar refractivity (Wildman–Crippen MR) is 125 cm³/mol. The second kappa shape index (κ2) is 9.35. The van der Waals surface area contributed by atoms with E-state index in [9.17, 15) is 13.2 Å². The topological polar surface area (TPSA) is 94.4 Å². The van der Waals surface area contributed by atoms with Crippen molar-refractivity contribution < 1.29 is 17.9 Å². The van der Waals surface area contributed by atoms with Crippen LogP contribution in [0.5, 0.6) is 5.75 Å². The number of amides is 1. The van der Waals surface area contributed by atoms with Gasteiger partial charge in [-0.3, -0.25) is 14.5 Å². The summed E-state index contributed by atoms with van der Waals surface area (Å²) < 4.78 is 31.2. The van der Waals surface area contributed by atoms with Gasteiger partial charge in [-0.1, -0.05) is 12.1 Å². The number of hydrogen-bond acceptors (Lipinski definition) is 6. The lowest BCUT2D eigenvalue weighted by atomic mass is 9.97. The Morgan fingerprint density at radius 1 is 1.15 bits per heavy atom. The van der Waals surface area contributed by atoms with Crippen LogP contribution in [-0.4, -0.2) is 59.9 Å². The number of rotatable bonds is 6. The Bertz CT molecular complexity index is 1240. The third kappa shape index (κ3) is 5.24. The molecule has 0 saturated carbocycles. The van der Waals surface area contributed by atoms with E-state index >= 15 is 0 Å². The summed E-state index contributed by atoms with van der Waals surface area (Å²) in [6.07, 6.45) is 4.60. The van der Waals surface area contributed by atoms with Crippen molar-refractivity contribution in [2.45, 2.75) is 24.7 Å². The molecule has 9 heteroatoms. The maximum Gasteiger partial charge on any atom is 0.272 e. The van der Waals surface area contributed by atoms with Crippen LogP contribution in [0.1, 0.15) is 29.0 Å². The van der Waals surface area contributed by atoms with Gasteiger partial charge in [-0.05, 0) is 56.0 Å². The first kappa shape index (κ1) is 23.0. The maximum atomic E-state index is 12.8. The Hall–Kier alpha value is -3.20. The fourth-order valence-corrected chi connectivity index (χ4v) is 4.70. The Labute approximate surface area is 194 Å². The molecule has 33 heavy (non-hydrogen) atoms. The van der Waals surface area contributed by atoms with Crippen LogP contribution in [-0.2, 0) is 16.9 Å². The molecular formula is C24H28N4O4S. The van der Waals surface area contributed by atoms with Crippen molar-refractivity contribution >= 4 is 15.7 Å². The van der Waals surface area contributed by atoms with Gasteiger partial charge < -0.3 is 9.64 Å². The van der Waals surface area contributed by atoms with E-state index in [0.717, 1.165) is 24.1 Å². The Balaban J connectivity index is 1.37. The molecule has 1 amide bonds. The van der Waals surface area contributed by atoms with Crippen LogP contribution in [0.15, 0.2) is 53.6 Å². The number of piperidine rings is 1. The van der Waals surface area contributed by atoms with E-state index in [4.69, 9.17) is 4.74 Å². The number of pyridine rings is 1. The molecule has 1 aromatic carbocycles. The van der Waals surface area contributed by atoms with Crippen LogP contribution in [0.2, 0.25) is 0 Å². The average Bonchev–Trinajstić information content (AvgIpc) is 3.15. The normalized spacial score (nSPS) is 14.9. The van der Waals surface area contributed by atoms with Crippen molar-refractivity contribution in [3.8, 4) is 17.0 Å². The van der Waals surface area contributed by atoms with E-state index in [0.29, 0.717) is 42.8 Å². The minimum absolute atomic E-state index is 0.0181. The van der Waals surface area contributed by atoms with Crippen LogP contribution < -0.4 is 4.74 Å². The first-order valence-electron chi connectivity index (χ1n) is 10.9. The van der Waals surface area contributed by atoms with Crippen molar-refractivity contribution in [3.05, 3.63) is 60.0 Å². The van der Waals surface area contributed by atoms with Crippen LogP contribution in [0.4, 0.5) is 0 Å². The molecule has 0 bridgehead atoms. The highest BCUT2D eigenvalue weighted by Crippen LogP contribution is 2.29. The molecule has 3 aromatic rings. The Morgan fingerprint density at radius 3 is 2.45 bits per heavy atom. The van der Waals surface area contributed by atoms with Gasteiger partial charge in [0.05, 0.1) is 17.2 Å². The molecule has 0 unspecified atom stereocenters. The van der Waals surface area contributed by atoms with Crippen molar-refractivity contribution in [1.29, 1.82) is 0 Å². The number of aromatic nitrogens is 3. The predicted octanol–water partition coefficient (Wildman–Crippen LogP) is 3.13. The zero-order chi connectivity index (χ0) is 23.6. The van der Waals surface area contributed by atoms with E-state index in [2.05, 4.69) is 10.1 Å². The fraction of sp³-hybridized carbons (Fsp3) is 0.375. The highest BCUT2D eigenvalue weighted by molar-refractivity contribution is 7.90. The lowest BCUT2D eigenvalue weighted by Crippen LogP contribution is -2.40. The standard InChI is InChI=1S/C24H28N4O4S/c1-17-15-21(27(2)26-17)24(29)28-13-10-18(11-14-28)16-32-22-5-4-12-25-23(22)19-6-8-20(9-7-19)33(3,30)31/h4-9,12,15,18H,10-11,13-14,16H2,1-3H3. The summed E-state index contributed by atoms with van der Waals surface area (Å²) in [5.41, 5.74) is 2.92. The monoisotopic (exact) mass is 468 g/mol. The molecule has 1 aliphatic rings. The number of carbonyl (C=O) groups excluding carboxylic acids is 1. The molecule has 8 nitrogen and oxygen atoms in total. The molecule has 0 radical (unpaired) electrons. The van der Waals surface area contributed by atoms with Gasteiger partial charge in [-0.15, -0.1) is 0 Å². The summed E-state index contributed by atoms with van der Waals surface area (Å²) in [4.78, 5) is 19.4. The molecule has 0 atom stereocenters. The first-order valence-corrected chi connectivity index (χ1v) is 12.8. The number of ether oxygens (including phenoxy) is 1. The summed E-state index contributed by atoms with van der Waals surface area (Å²) >= 11 is 0. The maximum absolute atomic E-state index is 12.8. The largest absolute Gasteiger partial charge is 0.491 e. The highest BCUT2D eigenvalue weighted by atomic mass is 32.2. The summed E-state index contributed by atoms with van der Waals surface area (Å²) in [6, 6.07) is 12.2. The van der Waals surface area contributed by atoms with Crippen molar-refractivity contribution in [2.24, 2.45) is 13.0 Å². The Morgan fingerprint density at radius 2 is 1.85 bits per heavy atom. The molecule has 0 spiro atoms. The number of sulfone groups is 1. The van der Waals surface area contributed by atoms with Crippen LogP contribution >= 0.6 is 0 Å². The number of likely N-dealkylation sites (tertiary alicyclic amines) is 1. The molecule has 1 fully saturated rings. The highest BCUT2D eigenvalue weighted by Gasteiger charge is 2.26. The lowest BCUT2D eigenvalue weighted by Gasteiger charge is -2.32. The van der Waals surface area contributed by atoms with E-state index in [1.54, 1.807) is 42.2 Å². The molecule has 174 valence electrons. The van der Waals surface area contributed by atoms with Crippen molar-refractivity contribution in [2.75, 3.05) is 26.0 Å². The zero-order valence-electron chi connectivity index (χ0n) is 19.1. The van der Waals surface area contributed by atoms with Gasteiger partial charge in [0.1, 0.15) is 17.1 Å². The van der Waals surface area contributed by atoms with E-state index in [1.165, 1.54) is 6.26 Å². The molecule has 3 heterocycles. The number of hydrogen-bond donors (Lipinski definition) is 0. The second-order valence-electron chi connectivity index (χ2n) is 8.49. The molecule has 1 aliphatic heterocycles. The quantitative estimate of drug-likeness (QED) is 0.552. The minimum atomic E-state index is -3.25. The van der Waals surface area contributed by atoms with E-state index in [-0.39, 0.29) is 10.8 Å². The fourth-order valence-electron chi connectivity index (χ4n) is 4.07. The number of nitrogens with zero attached hydrogens (tertiary/aromatic N) is 4.